The summed E-state index contributed by atoms with van der Waals surface area (Å²) in [5.74, 6) is 0. The van der Waals surface area contributed by atoms with Gasteiger partial charge in [0.2, 0.25) is 6.79 Å². The van der Waals surface area contributed by atoms with Crippen LogP contribution in [-0.2, 0) is 14.3 Å². The molecule has 0 aliphatic heterocycles. The highest BCUT2D eigenvalue weighted by atomic mass is 16.7. The SMILES string of the molecule is C=COCO[C]=O. The van der Waals surface area contributed by atoms with Crippen molar-refractivity contribution >= 4 is 6.47 Å². The lowest BCUT2D eigenvalue weighted by atomic mass is 11.1. The molecule has 0 fully saturated rings. The first-order valence-corrected chi connectivity index (χ1v) is 1.63. The van der Waals surface area contributed by atoms with E-state index in [4.69, 9.17) is 0 Å². The molecule has 0 saturated heterocycles. The Balaban J connectivity index is 2.68. The Bertz CT molecular complexity index is 52.0. The van der Waals surface area contributed by atoms with Crippen molar-refractivity contribution in [2.45, 2.75) is 0 Å². The molecule has 0 heterocycles. The smallest absolute Gasteiger partial charge is 0.420 e. The van der Waals surface area contributed by atoms with Crippen LogP contribution in [0.15, 0.2) is 12.8 Å². The molecule has 3 heteroatoms. The lowest BCUT2D eigenvalue weighted by Gasteiger charge is -1.91. The molecule has 0 aromatic rings. The fourth-order valence-electron chi connectivity index (χ4n) is 0.106. The Morgan fingerprint density at radius 2 is 2.57 bits per heavy atom. The summed E-state index contributed by atoms with van der Waals surface area (Å²) in [6, 6.07) is 0. The van der Waals surface area contributed by atoms with E-state index in [1.807, 2.05) is 0 Å². The topological polar surface area (TPSA) is 35.5 Å². The monoisotopic (exact) mass is 101 g/mol. The van der Waals surface area contributed by atoms with E-state index in [-0.39, 0.29) is 6.79 Å². The highest BCUT2D eigenvalue weighted by molar-refractivity contribution is 5.37. The van der Waals surface area contributed by atoms with Crippen LogP contribution in [0.4, 0.5) is 0 Å². The lowest BCUT2D eigenvalue weighted by Crippen LogP contribution is -1.90. The van der Waals surface area contributed by atoms with Gasteiger partial charge in [-0.1, -0.05) is 6.58 Å². The average Bonchev–Trinajstić information content (AvgIpc) is 1.69. The standard InChI is InChI=1S/C4H5O3/c1-2-6-4-7-3-5/h2H,1,4H2. The Morgan fingerprint density at radius 1 is 1.86 bits per heavy atom. The number of carbonyl (C=O) groups excluding carboxylic acids is 1. The second kappa shape index (κ2) is 5.01. The summed E-state index contributed by atoms with van der Waals surface area (Å²) >= 11 is 0. The van der Waals surface area contributed by atoms with E-state index < -0.39 is 0 Å². The normalized spacial score (nSPS) is 6.86. The molecule has 0 aliphatic carbocycles. The van der Waals surface area contributed by atoms with Crippen LogP contribution in [-0.4, -0.2) is 13.3 Å². The zero-order valence-corrected chi connectivity index (χ0v) is 3.72. The third-order valence-electron chi connectivity index (χ3n) is 0.304. The molecule has 0 amide bonds. The predicted octanol–water partition coefficient (Wildman–Crippen LogP) is 0.188. The van der Waals surface area contributed by atoms with E-state index in [2.05, 4.69) is 16.1 Å². The molecule has 7 heavy (non-hydrogen) atoms. The van der Waals surface area contributed by atoms with Gasteiger partial charge >= 0.3 is 6.47 Å². The zero-order valence-electron chi connectivity index (χ0n) is 3.72. The fraction of sp³-hybridized carbons (Fsp3) is 0.250. The summed E-state index contributed by atoms with van der Waals surface area (Å²) in [6.07, 6.45) is 1.18. The van der Waals surface area contributed by atoms with Crippen molar-refractivity contribution < 1.29 is 14.3 Å². The van der Waals surface area contributed by atoms with Crippen molar-refractivity contribution in [1.29, 1.82) is 0 Å². The maximum Gasteiger partial charge on any atom is 0.420 e. The average molecular weight is 101 g/mol. The summed E-state index contributed by atoms with van der Waals surface area (Å²) in [5.41, 5.74) is 0. The largest absolute Gasteiger partial charge is 0.466 e. The minimum absolute atomic E-state index is 0.104. The molecule has 0 N–H and O–H groups in total. The molecule has 0 aromatic heterocycles. The highest BCUT2D eigenvalue weighted by Gasteiger charge is 1.74. The summed E-state index contributed by atoms with van der Waals surface area (Å²) in [5, 5.41) is 0. The van der Waals surface area contributed by atoms with Crippen LogP contribution in [0.3, 0.4) is 0 Å². The molecular weight excluding hydrogens is 96.0 g/mol. The molecule has 0 bridgehead atoms. The highest BCUT2D eigenvalue weighted by Crippen LogP contribution is 1.70. The van der Waals surface area contributed by atoms with Crippen LogP contribution in [0, 0.1) is 0 Å². The Kier molecular flexibility index (Phi) is 4.30. The van der Waals surface area contributed by atoms with Crippen LogP contribution in [0.5, 0.6) is 0 Å². The molecule has 0 spiro atoms. The van der Waals surface area contributed by atoms with E-state index in [1.54, 1.807) is 0 Å². The van der Waals surface area contributed by atoms with Gasteiger partial charge in [-0.3, -0.25) is 0 Å². The molecule has 39 valence electrons. The Labute approximate surface area is 41.5 Å². The molecule has 0 aromatic carbocycles. The summed E-state index contributed by atoms with van der Waals surface area (Å²) in [7, 11) is 0. The number of rotatable bonds is 4. The fourth-order valence-corrected chi connectivity index (χ4v) is 0.106. The molecule has 0 rings (SSSR count). The first-order chi connectivity index (χ1) is 3.41. The molecule has 0 aliphatic rings. The Hall–Kier alpha value is -0.990. The first kappa shape index (κ1) is 6.01. The van der Waals surface area contributed by atoms with Crippen LogP contribution in [0.2, 0.25) is 0 Å². The molecule has 0 saturated carbocycles. The van der Waals surface area contributed by atoms with E-state index in [0.29, 0.717) is 0 Å². The second-order valence-corrected chi connectivity index (χ2v) is 0.679. The summed E-state index contributed by atoms with van der Waals surface area (Å²) in [4.78, 5) is 9.22. The van der Waals surface area contributed by atoms with Gasteiger partial charge in [0.05, 0.1) is 6.26 Å². The van der Waals surface area contributed by atoms with Gasteiger partial charge in [0.25, 0.3) is 0 Å². The molecular formula is C4H5O3. The van der Waals surface area contributed by atoms with Crippen molar-refractivity contribution in [1.82, 2.24) is 0 Å². The minimum Gasteiger partial charge on any atom is -0.466 e. The van der Waals surface area contributed by atoms with Gasteiger partial charge in [-0.15, -0.1) is 0 Å². The lowest BCUT2D eigenvalue weighted by molar-refractivity contribution is 0.0677. The summed E-state index contributed by atoms with van der Waals surface area (Å²) in [6.45, 7) is 4.28. The third-order valence-corrected chi connectivity index (χ3v) is 0.304. The quantitative estimate of drug-likeness (QED) is 0.288. The van der Waals surface area contributed by atoms with E-state index >= 15 is 0 Å². The van der Waals surface area contributed by atoms with E-state index in [0.717, 1.165) is 0 Å². The van der Waals surface area contributed by atoms with E-state index in [9.17, 15) is 4.79 Å². The van der Waals surface area contributed by atoms with Crippen LogP contribution < -0.4 is 0 Å². The van der Waals surface area contributed by atoms with Gasteiger partial charge in [0, 0.05) is 0 Å². The molecule has 0 atom stereocenters. The van der Waals surface area contributed by atoms with Crippen molar-refractivity contribution in [3.8, 4) is 0 Å². The van der Waals surface area contributed by atoms with Gasteiger partial charge < -0.3 is 9.47 Å². The minimum atomic E-state index is -0.104. The van der Waals surface area contributed by atoms with Gasteiger partial charge in [-0.05, 0) is 0 Å². The maximum absolute atomic E-state index is 9.22. The van der Waals surface area contributed by atoms with Crippen LogP contribution in [0.25, 0.3) is 0 Å². The summed E-state index contributed by atoms with van der Waals surface area (Å²) < 4.78 is 8.33. The second-order valence-electron chi connectivity index (χ2n) is 0.679. The molecule has 0 unspecified atom stereocenters. The van der Waals surface area contributed by atoms with Gasteiger partial charge in [0.15, 0.2) is 0 Å². The number of hydrogen-bond donors (Lipinski definition) is 0. The van der Waals surface area contributed by atoms with Crippen molar-refractivity contribution in [2.75, 3.05) is 6.79 Å². The van der Waals surface area contributed by atoms with Gasteiger partial charge in [-0.2, -0.15) is 0 Å². The van der Waals surface area contributed by atoms with E-state index in [1.165, 1.54) is 12.7 Å². The Morgan fingerprint density at radius 3 is 3.00 bits per heavy atom. The predicted molar refractivity (Wildman–Crippen MR) is 22.9 cm³/mol. The van der Waals surface area contributed by atoms with Gasteiger partial charge in [-0.25, -0.2) is 4.79 Å². The van der Waals surface area contributed by atoms with Crippen LogP contribution in [0.1, 0.15) is 0 Å². The number of hydrogen-bond acceptors (Lipinski definition) is 3. The van der Waals surface area contributed by atoms with Gasteiger partial charge in [0.1, 0.15) is 0 Å². The number of ether oxygens (including phenoxy) is 2. The van der Waals surface area contributed by atoms with Crippen molar-refractivity contribution in [3.63, 3.8) is 0 Å². The molecule has 3 nitrogen and oxygen atoms in total. The van der Waals surface area contributed by atoms with Crippen molar-refractivity contribution in [2.24, 2.45) is 0 Å². The van der Waals surface area contributed by atoms with Crippen molar-refractivity contribution in [3.05, 3.63) is 12.8 Å². The zero-order chi connectivity index (χ0) is 5.54. The first-order valence-electron chi connectivity index (χ1n) is 1.63. The molecule has 1 radical (unpaired) electrons. The maximum atomic E-state index is 9.22. The van der Waals surface area contributed by atoms with Crippen LogP contribution >= 0.6 is 0 Å². The third kappa shape index (κ3) is 5.01.